The zero-order valence-corrected chi connectivity index (χ0v) is 9.96. The smallest absolute Gasteiger partial charge is 0.00794 e. The van der Waals surface area contributed by atoms with Gasteiger partial charge in [0, 0.05) is 6.04 Å². The maximum atomic E-state index is 6.07. The van der Waals surface area contributed by atoms with Crippen molar-refractivity contribution in [2.45, 2.75) is 51.0 Å². The van der Waals surface area contributed by atoms with E-state index in [1.807, 2.05) is 0 Å². The lowest BCUT2D eigenvalue weighted by Crippen LogP contribution is -2.33. The van der Waals surface area contributed by atoms with Gasteiger partial charge < -0.3 is 5.73 Å². The molecule has 2 N–H and O–H groups in total. The Hall–Kier alpha value is -0.820. The maximum absolute atomic E-state index is 6.07. The molecule has 15 heavy (non-hydrogen) atoms. The Morgan fingerprint density at radius 2 is 2.00 bits per heavy atom. The van der Waals surface area contributed by atoms with Gasteiger partial charge in [0.25, 0.3) is 0 Å². The zero-order chi connectivity index (χ0) is 11.1. The molecule has 0 heterocycles. The van der Waals surface area contributed by atoms with Gasteiger partial charge in [0.05, 0.1) is 0 Å². The molecule has 82 valence electrons. The molecule has 0 spiro atoms. The zero-order valence-electron chi connectivity index (χ0n) is 9.96. The molecule has 0 amide bonds. The maximum Gasteiger partial charge on any atom is 0.00794 e. The lowest BCUT2D eigenvalue weighted by atomic mass is 9.67. The van der Waals surface area contributed by atoms with Crippen LogP contribution in [0.25, 0.3) is 0 Å². The fourth-order valence-corrected chi connectivity index (χ4v) is 2.79. The Morgan fingerprint density at radius 3 is 2.67 bits per heavy atom. The van der Waals surface area contributed by atoms with Crippen molar-refractivity contribution in [1.82, 2.24) is 0 Å². The first kappa shape index (κ1) is 10.7. The molecule has 1 aromatic rings. The minimum atomic E-state index is 0.266. The van der Waals surface area contributed by atoms with Crippen LogP contribution >= 0.6 is 0 Å². The van der Waals surface area contributed by atoms with Crippen LogP contribution in [0.2, 0.25) is 0 Å². The number of nitrogens with two attached hydrogens (primary N) is 1. The summed E-state index contributed by atoms with van der Waals surface area (Å²) in [6.45, 7) is 6.80. The molecule has 1 nitrogen and oxygen atoms in total. The van der Waals surface area contributed by atoms with Gasteiger partial charge in [0.2, 0.25) is 0 Å². The average molecular weight is 203 g/mol. The van der Waals surface area contributed by atoms with Gasteiger partial charge in [0.1, 0.15) is 0 Å². The Morgan fingerprint density at radius 1 is 1.33 bits per heavy atom. The topological polar surface area (TPSA) is 26.0 Å². The van der Waals surface area contributed by atoms with Crippen LogP contribution in [0.1, 0.15) is 50.7 Å². The van der Waals surface area contributed by atoms with Crippen molar-refractivity contribution < 1.29 is 0 Å². The summed E-state index contributed by atoms with van der Waals surface area (Å²) in [5.41, 5.74) is 9.37. The van der Waals surface area contributed by atoms with Crippen LogP contribution in [0.4, 0.5) is 0 Å². The first-order valence-electron chi connectivity index (χ1n) is 5.87. The summed E-state index contributed by atoms with van der Waals surface area (Å²) in [7, 11) is 0. The largest absolute Gasteiger partial charge is 0.327 e. The molecule has 0 fully saturated rings. The third-order valence-corrected chi connectivity index (χ3v) is 3.80. The first-order valence-corrected chi connectivity index (χ1v) is 5.87. The molecule has 1 aliphatic rings. The van der Waals surface area contributed by atoms with Crippen molar-refractivity contribution in [3.63, 3.8) is 0 Å². The first-order chi connectivity index (χ1) is 7.02. The summed E-state index contributed by atoms with van der Waals surface area (Å²) in [6.07, 6.45) is 2.47. The molecular formula is C14H21N. The average Bonchev–Trinajstić information content (AvgIpc) is 2.17. The number of benzene rings is 1. The predicted molar refractivity (Wildman–Crippen MR) is 65.1 cm³/mol. The lowest BCUT2D eigenvalue weighted by molar-refractivity contribution is 0.369. The molecule has 1 aliphatic carbocycles. The Kier molecular flexibility index (Phi) is 2.59. The highest BCUT2D eigenvalue weighted by molar-refractivity contribution is 5.39. The van der Waals surface area contributed by atoms with Crippen LogP contribution in [-0.4, -0.2) is 6.04 Å². The fourth-order valence-electron chi connectivity index (χ4n) is 2.79. The highest BCUT2D eigenvalue weighted by atomic mass is 14.6. The summed E-state index contributed by atoms with van der Waals surface area (Å²) in [5, 5.41) is 0. The summed E-state index contributed by atoms with van der Waals surface area (Å²) in [6, 6.07) is 9.07. The van der Waals surface area contributed by atoms with E-state index in [1.165, 1.54) is 24.0 Å². The predicted octanol–water partition coefficient (Wildman–Crippen LogP) is 3.19. The van der Waals surface area contributed by atoms with Gasteiger partial charge in [-0.1, -0.05) is 38.1 Å². The van der Waals surface area contributed by atoms with Gasteiger partial charge in [-0.25, -0.2) is 0 Å². The molecule has 2 atom stereocenters. The molecule has 0 aromatic heterocycles. The van der Waals surface area contributed by atoms with Gasteiger partial charge >= 0.3 is 0 Å². The van der Waals surface area contributed by atoms with E-state index in [2.05, 4.69) is 45.0 Å². The van der Waals surface area contributed by atoms with Crippen LogP contribution < -0.4 is 5.73 Å². The third-order valence-electron chi connectivity index (χ3n) is 3.80. The van der Waals surface area contributed by atoms with Gasteiger partial charge in [-0.3, -0.25) is 0 Å². The molecule has 0 saturated heterocycles. The van der Waals surface area contributed by atoms with Crippen LogP contribution in [0.3, 0.4) is 0 Å². The molecule has 0 bridgehead atoms. The number of hydrogen-bond acceptors (Lipinski definition) is 1. The van der Waals surface area contributed by atoms with E-state index < -0.39 is 0 Å². The van der Waals surface area contributed by atoms with Crippen molar-refractivity contribution in [2.75, 3.05) is 0 Å². The molecule has 1 aromatic carbocycles. The highest BCUT2D eigenvalue weighted by Gasteiger charge is 2.33. The quantitative estimate of drug-likeness (QED) is 0.745. The summed E-state index contributed by atoms with van der Waals surface area (Å²) < 4.78 is 0. The van der Waals surface area contributed by atoms with E-state index >= 15 is 0 Å². The van der Waals surface area contributed by atoms with E-state index in [-0.39, 0.29) is 6.04 Å². The molecule has 1 heteroatoms. The minimum Gasteiger partial charge on any atom is -0.327 e. The van der Waals surface area contributed by atoms with Crippen molar-refractivity contribution in [3.05, 3.63) is 35.4 Å². The summed E-state index contributed by atoms with van der Waals surface area (Å²) in [5.74, 6) is 0.550. The standard InChI is InChI=1S/C14H21N/c1-10(15)11-8-9-14(2,3)13-7-5-4-6-12(11)13/h4-7,10-11H,8-9,15H2,1-3H3. The Labute approximate surface area is 92.7 Å². The minimum absolute atomic E-state index is 0.266. The van der Waals surface area contributed by atoms with Crippen molar-refractivity contribution in [3.8, 4) is 0 Å². The van der Waals surface area contributed by atoms with Gasteiger partial charge in [-0.05, 0) is 42.2 Å². The molecule has 0 saturated carbocycles. The van der Waals surface area contributed by atoms with Gasteiger partial charge in [-0.15, -0.1) is 0 Å². The van der Waals surface area contributed by atoms with E-state index in [0.717, 1.165) is 0 Å². The second-order valence-corrected chi connectivity index (χ2v) is 5.48. The molecule has 2 rings (SSSR count). The molecule has 2 unspecified atom stereocenters. The Balaban J connectivity index is 2.49. The number of fused-ring (bicyclic) bond motifs is 1. The van der Waals surface area contributed by atoms with E-state index in [9.17, 15) is 0 Å². The van der Waals surface area contributed by atoms with Gasteiger partial charge in [-0.2, -0.15) is 0 Å². The van der Waals surface area contributed by atoms with Crippen LogP contribution in [0, 0.1) is 0 Å². The van der Waals surface area contributed by atoms with Crippen LogP contribution in [0.15, 0.2) is 24.3 Å². The van der Waals surface area contributed by atoms with Crippen LogP contribution in [-0.2, 0) is 5.41 Å². The summed E-state index contributed by atoms with van der Waals surface area (Å²) >= 11 is 0. The second kappa shape index (κ2) is 3.64. The fraction of sp³-hybridized carbons (Fsp3) is 0.571. The third kappa shape index (κ3) is 1.81. The number of rotatable bonds is 1. The normalized spacial score (nSPS) is 25.7. The molecular weight excluding hydrogens is 182 g/mol. The number of hydrogen-bond donors (Lipinski definition) is 1. The van der Waals surface area contributed by atoms with E-state index in [0.29, 0.717) is 11.3 Å². The summed E-state index contributed by atoms with van der Waals surface area (Å²) in [4.78, 5) is 0. The van der Waals surface area contributed by atoms with E-state index in [4.69, 9.17) is 5.73 Å². The molecule has 0 aliphatic heterocycles. The SMILES string of the molecule is CC(N)C1CCC(C)(C)c2ccccc21. The lowest BCUT2D eigenvalue weighted by Gasteiger charge is -2.38. The van der Waals surface area contributed by atoms with Crippen molar-refractivity contribution in [2.24, 2.45) is 5.73 Å². The Bertz CT molecular complexity index is 352. The highest BCUT2D eigenvalue weighted by Crippen LogP contribution is 2.43. The second-order valence-electron chi connectivity index (χ2n) is 5.48. The van der Waals surface area contributed by atoms with Gasteiger partial charge in [0.15, 0.2) is 0 Å². The van der Waals surface area contributed by atoms with Crippen molar-refractivity contribution in [1.29, 1.82) is 0 Å². The van der Waals surface area contributed by atoms with Crippen molar-refractivity contribution >= 4 is 0 Å². The van der Waals surface area contributed by atoms with Crippen LogP contribution in [0.5, 0.6) is 0 Å². The molecule has 0 radical (unpaired) electrons. The van der Waals surface area contributed by atoms with E-state index in [1.54, 1.807) is 0 Å². The monoisotopic (exact) mass is 203 g/mol.